The first kappa shape index (κ1) is 13.6. The van der Waals surface area contributed by atoms with Crippen LogP contribution in [0.4, 0.5) is 0 Å². The van der Waals surface area contributed by atoms with Gasteiger partial charge >= 0.3 is 0 Å². The van der Waals surface area contributed by atoms with Gasteiger partial charge in [-0.2, -0.15) is 0 Å². The van der Waals surface area contributed by atoms with Gasteiger partial charge in [0, 0.05) is 19.0 Å². The summed E-state index contributed by atoms with van der Waals surface area (Å²) in [5.41, 5.74) is 0.0420. The van der Waals surface area contributed by atoms with Crippen molar-refractivity contribution in [2.75, 3.05) is 20.2 Å². The molecule has 0 bridgehead atoms. The molecule has 0 spiro atoms. The predicted molar refractivity (Wildman–Crippen MR) is 58.3 cm³/mol. The Hall–Kier alpha value is -0.410. The van der Waals surface area contributed by atoms with Crippen LogP contribution in [0.2, 0.25) is 0 Å². The zero-order valence-corrected chi connectivity index (χ0v) is 10.0. The van der Waals surface area contributed by atoms with E-state index in [4.69, 9.17) is 0 Å². The van der Waals surface area contributed by atoms with Crippen LogP contribution in [0, 0.1) is 5.41 Å². The molecule has 84 valence electrons. The van der Waals surface area contributed by atoms with E-state index in [1.807, 2.05) is 7.05 Å². The van der Waals surface area contributed by atoms with Gasteiger partial charge in [-0.3, -0.25) is 4.79 Å². The molecule has 3 heteroatoms. The van der Waals surface area contributed by atoms with E-state index in [0.29, 0.717) is 6.42 Å². The van der Waals surface area contributed by atoms with Crippen molar-refractivity contribution >= 4 is 5.78 Å². The number of hydrogen-bond donors (Lipinski definition) is 1. The second-order valence-corrected chi connectivity index (χ2v) is 5.00. The van der Waals surface area contributed by atoms with Crippen molar-refractivity contribution in [3.8, 4) is 0 Å². The zero-order chi connectivity index (χ0) is 11.4. The fourth-order valence-corrected chi connectivity index (χ4v) is 1.56. The minimum Gasteiger partial charge on any atom is -0.395 e. The maximum Gasteiger partial charge on any atom is 0.131 e. The van der Waals surface area contributed by atoms with Gasteiger partial charge in [-0.15, -0.1) is 0 Å². The lowest BCUT2D eigenvalue weighted by Crippen LogP contribution is -2.45. The molecule has 0 aromatic carbocycles. The number of likely N-dealkylation sites (N-methyl/N-ethyl adjacent to an activating group) is 1. The molecule has 0 aliphatic carbocycles. The fourth-order valence-electron chi connectivity index (χ4n) is 1.56. The van der Waals surface area contributed by atoms with Crippen LogP contribution in [-0.4, -0.2) is 42.0 Å². The van der Waals surface area contributed by atoms with Gasteiger partial charge in [-0.05, 0) is 19.4 Å². The van der Waals surface area contributed by atoms with Gasteiger partial charge in [0.2, 0.25) is 0 Å². The first-order valence-electron chi connectivity index (χ1n) is 5.09. The summed E-state index contributed by atoms with van der Waals surface area (Å²) >= 11 is 0. The summed E-state index contributed by atoms with van der Waals surface area (Å²) in [6.07, 6.45) is 0.559. The van der Waals surface area contributed by atoms with Crippen LogP contribution >= 0.6 is 0 Å². The molecule has 0 amide bonds. The van der Waals surface area contributed by atoms with Crippen LogP contribution in [0.1, 0.15) is 34.1 Å². The van der Waals surface area contributed by atoms with Crippen molar-refractivity contribution in [2.45, 2.75) is 40.2 Å². The number of nitrogens with zero attached hydrogens (tertiary/aromatic N) is 1. The van der Waals surface area contributed by atoms with Gasteiger partial charge in [0.25, 0.3) is 0 Å². The molecule has 14 heavy (non-hydrogen) atoms. The average molecular weight is 201 g/mol. The molecule has 0 saturated heterocycles. The fraction of sp³-hybridized carbons (Fsp3) is 0.909. The van der Waals surface area contributed by atoms with Crippen molar-refractivity contribution in [3.63, 3.8) is 0 Å². The van der Waals surface area contributed by atoms with Crippen molar-refractivity contribution in [2.24, 2.45) is 5.41 Å². The number of carbonyl (C=O) groups is 1. The minimum absolute atomic E-state index is 0.0420. The average Bonchev–Trinajstić information content (AvgIpc) is 1.99. The number of ketones is 1. The van der Waals surface area contributed by atoms with E-state index in [0.717, 1.165) is 6.54 Å². The standard InChI is InChI=1S/C11H23NO2/c1-9(14)6-7-12(5)10(8-13)11(2,3)4/h10,13H,6-8H2,1-5H3. The van der Waals surface area contributed by atoms with E-state index in [1.165, 1.54) is 0 Å². The van der Waals surface area contributed by atoms with Crippen LogP contribution in [0.5, 0.6) is 0 Å². The molecule has 0 saturated carbocycles. The number of aliphatic hydroxyl groups is 1. The summed E-state index contributed by atoms with van der Waals surface area (Å²) in [5.74, 6) is 0.197. The van der Waals surface area contributed by atoms with E-state index >= 15 is 0 Å². The molecule has 1 unspecified atom stereocenters. The molecule has 0 aromatic rings. The maximum atomic E-state index is 10.8. The van der Waals surface area contributed by atoms with Crippen molar-refractivity contribution in [1.29, 1.82) is 0 Å². The quantitative estimate of drug-likeness (QED) is 0.729. The monoisotopic (exact) mass is 201 g/mol. The molecule has 0 aromatic heterocycles. The number of Topliss-reactive ketones (excluding diaryl/α,β-unsaturated/α-hetero) is 1. The smallest absolute Gasteiger partial charge is 0.131 e. The highest BCUT2D eigenvalue weighted by atomic mass is 16.3. The van der Waals surface area contributed by atoms with Crippen LogP contribution in [0.3, 0.4) is 0 Å². The summed E-state index contributed by atoms with van der Waals surface area (Å²) in [4.78, 5) is 12.9. The highest BCUT2D eigenvalue weighted by molar-refractivity contribution is 5.75. The van der Waals surface area contributed by atoms with Crippen molar-refractivity contribution in [1.82, 2.24) is 4.90 Å². The van der Waals surface area contributed by atoms with E-state index < -0.39 is 0 Å². The van der Waals surface area contributed by atoms with E-state index in [9.17, 15) is 9.90 Å². The van der Waals surface area contributed by atoms with Crippen LogP contribution in [-0.2, 0) is 4.79 Å². The normalized spacial score (nSPS) is 14.5. The summed E-state index contributed by atoms with van der Waals surface area (Å²) in [6, 6.07) is 0.113. The molecule has 1 atom stereocenters. The molecule has 0 fully saturated rings. The lowest BCUT2D eigenvalue weighted by molar-refractivity contribution is -0.117. The Morgan fingerprint density at radius 1 is 1.43 bits per heavy atom. The third-order valence-corrected chi connectivity index (χ3v) is 2.52. The number of carbonyl (C=O) groups excluding carboxylic acids is 1. The number of rotatable bonds is 5. The van der Waals surface area contributed by atoms with Crippen molar-refractivity contribution < 1.29 is 9.90 Å². The first-order valence-corrected chi connectivity index (χ1v) is 5.09. The van der Waals surface area contributed by atoms with Gasteiger partial charge in [0.1, 0.15) is 5.78 Å². The third kappa shape index (κ3) is 4.72. The molecule has 0 aliphatic rings. The summed E-state index contributed by atoms with van der Waals surface area (Å²) < 4.78 is 0. The maximum absolute atomic E-state index is 10.8. The van der Waals surface area contributed by atoms with Crippen LogP contribution in [0.15, 0.2) is 0 Å². The Morgan fingerprint density at radius 2 is 1.93 bits per heavy atom. The Balaban J connectivity index is 4.18. The summed E-state index contributed by atoms with van der Waals surface area (Å²) in [6.45, 7) is 8.74. The molecule has 0 aliphatic heterocycles. The highest BCUT2D eigenvalue weighted by Crippen LogP contribution is 2.23. The summed E-state index contributed by atoms with van der Waals surface area (Å²) in [5, 5.41) is 9.27. The lowest BCUT2D eigenvalue weighted by atomic mass is 9.86. The Kier molecular flexibility index (Phi) is 5.31. The second-order valence-electron chi connectivity index (χ2n) is 5.00. The van der Waals surface area contributed by atoms with E-state index in [2.05, 4.69) is 25.7 Å². The molecule has 0 rings (SSSR count). The zero-order valence-electron chi connectivity index (χ0n) is 10.0. The lowest BCUT2D eigenvalue weighted by Gasteiger charge is -2.36. The highest BCUT2D eigenvalue weighted by Gasteiger charge is 2.27. The van der Waals surface area contributed by atoms with E-state index in [-0.39, 0.29) is 23.8 Å². The Bertz CT molecular complexity index is 184. The van der Waals surface area contributed by atoms with Gasteiger partial charge in [-0.1, -0.05) is 20.8 Å². The van der Waals surface area contributed by atoms with Gasteiger partial charge in [0.15, 0.2) is 0 Å². The summed E-state index contributed by atoms with van der Waals surface area (Å²) in [7, 11) is 1.95. The molecular formula is C11H23NO2. The van der Waals surface area contributed by atoms with Gasteiger partial charge in [-0.25, -0.2) is 0 Å². The second kappa shape index (κ2) is 5.47. The molecule has 3 nitrogen and oxygen atoms in total. The van der Waals surface area contributed by atoms with Gasteiger partial charge in [0.05, 0.1) is 6.61 Å². The molecule has 1 N–H and O–H groups in total. The van der Waals surface area contributed by atoms with Gasteiger partial charge < -0.3 is 10.0 Å². The topological polar surface area (TPSA) is 40.5 Å². The number of hydrogen-bond acceptors (Lipinski definition) is 3. The Labute approximate surface area is 87.1 Å². The van der Waals surface area contributed by atoms with Crippen LogP contribution < -0.4 is 0 Å². The Morgan fingerprint density at radius 3 is 2.21 bits per heavy atom. The van der Waals surface area contributed by atoms with E-state index in [1.54, 1.807) is 6.92 Å². The molecular weight excluding hydrogens is 178 g/mol. The van der Waals surface area contributed by atoms with Crippen LogP contribution in [0.25, 0.3) is 0 Å². The van der Waals surface area contributed by atoms with Crippen molar-refractivity contribution in [3.05, 3.63) is 0 Å². The SMILES string of the molecule is CC(=O)CCN(C)C(CO)C(C)(C)C. The third-order valence-electron chi connectivity index (χ3n) is 2.52. The molecule has 0 heterocycles. The molecule has 0 radical (unpaired) electrons. The minimum atomic E-state index is 0.0420. The first-order chi connectivity index (χ1) is 6.29. The predicted octanol–water partition coefficient (Wildman–Crippen LogP) is 1.30. The number of aliphatic hydroxyl groups excluding tert-OH is 1. The largest absolute Gasteiger partial charge is 0.395 e.